The standard InChI is InChI=1S/C20H17BrF3N5O/c1-25-18(30)12-6-8-14(9-7-12)28-19-27-11-15(20(22,23)24)17(29-19)26-10-13-4-2-3-5-16(13)21/h2-9,11H,10H2,1H3,(H,25,30)(H2,26,27,28,29). The smallest absolute Gasteiger partial charge is 0.365 e. The Labute approximate surface area is 179 Å². The number of hydrogen-bond donors (Lipinski definition) is 3. The number of rotatable bonds is 6. The van der Waals surface area contributed by atoms with Crippen LogP contribution in [0.2, 0.25) is 0 Å². The third-order valence-electron chi connectivity index (χ3n) is 4.13. The minimum atomic E-state index is -4.61. The minimum Gasteiger partial charge on any atom is -0.365 e. The van der Waals surface area contributed by atoms with E-state index in [0.717, 1.165) is 16.2 Å². The zero-order chi connectivity index (χ0) is 21.7. The molecule has 0 unspecified atom stereocenters. The molecule has 0 spiro atoms. The fraction of sp³-hybridized carbons (Fsp3) is 0.150. The summed E-state index contributed by atoms with van der Waals surface area (Å²) in [4.78, 5) is 19.4. The van der Waals surface area contributed by atoms with E-state index in [2.05, 4.69) is 41.8 Å². The Morgan fingerprint density at radius 3 is 2.43 bits per heavy atom. The second kappa shape index (κ2) is 9.12. The molecule has 1 amide bonds. The lowest BCUT2D eigenvalue weighted by atomic mass is 10.2. The van der Waals surface area contributed by atoms with E-state index in [0.29, 0.717) is 11.3 Å². The molecule has 0 saturated heterocycles. The predicted molar refractivity (Wildman–Crippen MR) is 112 cm³/mol. The van der Waals surface area contributed by atoms with Gasteiger partial charge in [0.15, 0.2) is 0 Å². The van der Waals surface area contributed by atoms with E-state index >= 15 is 0 Å². The van der Waals surface area contributed by atoms with Crippen LogP contribution in [0.5, 0.6) is 0 Å². The molecule has 0 aliphatic heterocycles. The van der Waals surface area contributed by atoms with Crippen LogP contribution in [0.4, 0.5) is 30.6 Å². The first-order chi connectivity index (χ1) is 14.3. The topological polar surface area (TPSA) is 78.9 Å². The fourth-order valence-electron chi connectivity index (χ4n) is 2.58. The number of aromatic nitrogens is 2. The van der Waals surface area contributed by atoms with Crippen LogP contribution in [0.15, 0.2) is 59.2 Å². The Bertz CT molecular complexity index is 1040. The number of carbonyl (C=O) groups excluding carboxylic acids is 1. The van der Waals surface area contributed by atoms with Gasteiger partial charge in [0.1, 0.15) is 11.4 Å². The van der Waals surface area contributed by atoms with E-state index in [1.54, 1.807) is 42.5 Å². The van der Waals surface area contributed by atoms with Crippen LogP contribution in [0.3, 0.4) is 0 Å². The van der Waals surface area contributed by atoms with E-state index in [9.17, 15) is 18.0 Å². The van der Waals surface area contributed by atoms with Crippen LogP contribution in [0.1, 0.15) is 21.5 Å². The average Bonchev–Trinajstić information content (AvgIpc) is 2.72. The lowest BCUT2D eigenvalue weighted by Crippen LogP contribution is -2.17. The maximum Gasteiger partial charge on any atom is 0.421 e. The predicted octanol–water partition coefficient (Wildman–Crippen LogP) is 4.97. The van der Waals surface area contributed by atoms with Gasteiger partial charge in [0.05, 0.1) is 0 Å². The fourth-order valence-corrected chi connectivity index (χ4v) is 3.01. The number of nitrogens with one attached hydrogen (secondary N) is 3. The molecule has 1 heterocycles. The largest absolute Gasteiger partial charge is 0.421 e. The summed E-state index contributed by atoms with van der Waals surface area (Å²) < 4.78 is 40.9. The van der Waals surface area contributed by atoms with E-state index in [4.69, 9.17) is 0 Å². The van der Waals surface area contributed by atoms with Crippen molar-refractivity contribution in [2.45, 2.75) is 12.7 Å². The summed E-state index contributed by atoms with van der Waals surface area (Å²) in [6.45, 7) is 0.141. The van der Waals surface area contributed by atoms with Crippen molar-refractivity contribution >= 4 is 39.3 Å². The molecule has 30 heavy (non-hydrogen) atoms. The van der Waals surface area contributed by atoms with Gasteiger partial charge in [-0.05, 0) is 35.9 Å². The van der Waals surface area contributed by atoms with Gasteiger partial charge >= 0.3 is 6.18 Å². The number of alkyl halides is 3. The number of benzene rings is 2. The quantitative estimate of drug-likeness (QED) is 0.464. The molecule has 156 valence electrons. The zero-order valence-corrected chi connectivity index (χ0v) is 17.3. The maximum absolute atomic E-state index is 13.4. The molecule has 0 atom stereocenters. The van der Waals surface area contributed by atoms with E-state index in [1.807, 2.05) is 6.07 Å². The summed E-state index contributed by atoms with van der Waals surface area (Å²) >= 11 is 3.37. The summed E-state index contributed by atoms with van der Waals surface area (Å²) in [5.41, 5.74) is 0.796. The van der Waals surface area contributed by atoms with Crippen molar-refractivity contribution in [3.8, 4) is 0 Å². The van der Waals surface area contributed by atoms with E-state index < -0.39 is 11.7 Å². The van der Waals surface area contributed by atoms with Crippen molar-refractivity contribution in [1.82, 2.24) is 15.3 Å². The van der Waals surface area contributed by atoms with Gasteiger partial charge in [-0.25, -0.2) is 4.98 Å². The van der Waals surface area contributed by atoms with Crippen LogP contribution < -0.4 is 16.0 Å². The number of hydrogen-bond acceptors (Lipinski definition) is 5. The van der Waals surface area contributed by atoms with Crippen LogP contribution in [0, 0.1) is 0 Å². The highest BCUT2D eigenvalue weighted by molar-refractivity contribution is 9.10. The zero-order valence-electron chi connectivity index (χ0n) is 15.7. The van der Waals surface area contributed by atoms with Crippen molar-refractivity contribution in [3.63, 3.8) is 0 Å². The molecule has 0 fully saturated rings. The van der Waals surface area contributed by atoms with Crippen molar-refractivity contribution in [1.29, 1.82) is 0 Å². The monoisotopic (exact) mass is 479 g/mol. The van der Waals surface area contributed by atoms with Gasteiger partial charge in [-0.1, -0.05) is 34.1 Å². The third kappa shape index (κ3) is 5.26. The number of halogens is 4. The Morgan fingerprint density at radius 1 is 1.10 bits per heavy atom. The van der Waals surface area contributed by atoms with Crippen molar-refractivity contribution in [2.75, 3.05) is 17.7 Å². The van der Waals surface area contributed by atoms with Crippen LogP contribution >= 0.6 is 15.9 Å². The summed E-state index contributed by atoms with van der Waals surface area (Å²) in [6.07, 6.45) is -3.87. The second-order valence-electron chi connectivity index (χ2n) is 6.18. The molecule has 0 aliphatic rings. The number of anilines is 3. The second-order valence-corrected chi connectivity index (χ2v) is 7.03. The first-order valence-corrected chi connectivity index (χ1v) is 9.58. The number of amides is 1. The Kier molecular flexibility index (Phi) is 6.56. The average molecular weight is 480 g/mol. The normalized spacial score (nSPS) is 11.1. The SMILES string of the molecule is CNC(=O)c1ccc(Nc2ncc(C(F)(F)F)c(NCc3ccccc3Br)n2)cc1. The first-order valence-electron chi connectivity index (χ1n) is 8.78. The molecule has 1 aromatic heterocycles. The summed E-state index contributed by atoms with van der Waals surface area (Å²) in [5.74, 6) is -0.589. The lowest BCUT2D eigenvalue weighted by Gasteiger charge is -2.15. The van der Waals surface area contributed by atoms with Gasteiger partial charge in [0.25, 0.3) is 5.91 Å². The Morgan fingerprint density at radius 2 is 1.80 bits per heavy atom. The molecule has 3 rings (SSSR count). The molecular formula is C20H17BrF3N5O. The maximum atomic E-state index is 13.4. The van der Waals surface area contributed by atoms with Gasteiger partial charge in [-0.15, -0.1) is 0 Å². The van der Waals surface area contributed by atoms with Crippen molar-refractivity contribution in [2.24, 2.45) is 0 Å². The highest BCUT2D eigenvalue weighted by Gasteiger charge is 2.35. The summed E-state index contributed by atoms with van der Waals surface area (Å²) in [6, 6.07) is 13.6. The van der Waals surface area contributed by atoms with E-state index in [-0.39, 0.29) is 24.2 Å². The number of carbonyl (C=O) groups is 1. The highest BCUT2D eigenvalue weighted by Crippen LogP contribution is 2.34. The first kappa shape index (κ1) is 21.6. The van der Waals surface area contributed by atoms with Crippen LogP contribution in [-0.4, -0.2) is 22.9 Å². The summed E-state index contributed by atoms with van der Waals surface area (Å²) in [5, 5.41) is 8.09. The molecule has 3 aromatic rings. The van der Waals surface area contributed by atoms with Crippen LogP contribution in [0.25, 0.3) is 0 Å². The number of nitrogens with zero attached hydrogens (tertiary/aromatic N) is 2. The van der Waals surface area contributed by atoms with Crippen LogP contribution in [-0.2, 0) is 12.7 Å². The van der Waals surface area contributed by atoms with E-state index in [1.165, 1.54) is 7.05 Å². The molecule has 0 saturated carbocycles. The molecular weight excluding hydrogens is 463 g/mol. The van der Waals surface area contributed by atoms with Gasteiger partial charge in [-0.2, -0.15) is 18.2 Å². The third-order valence-corrected chi connectivity index (χ3v) is 4.90. The highest BCUT2D eigenvalue weighted by atomic mass is 79.9. The van der Waals surface area contributed by atoms with Gasteiger partial charge in [-0.3, -0.25) is 4.79 Å². The molecule has 6 nitrogen and oxygen atoms in total. The minimum absolute atomic E-state index is 0.00896. The molecule has 3 N–H and O–H groups in total. The Balaban J connectivity index is 1.83. The van der Waals surface area contributed by atoms with Crippen molar-refractivity contribution in [3.05, 3.63) is 75.9 Å². The molecule has 10 heteroatoms. The molecule has 2 aromatic carbocycles. The van der Waals surface area contributed by atoms with Crippen molar-refractivity contribution < 1.29 is 18.0 Å². The van der Waals surface area contributed by atoms with Gasteiger partial charge in [0.2, 0.25) is 5.95 Å². The van der Waals surface area contributed by atoms with Gasteiger partial charge < -0.3 is 16.0 Å². The molecule has 0 aliphatic carbocycles. The lowest BCUT2D eigenvalue weighted by molar-refractivity contribution is -0.137. The molecule has 0 bridgehead atoms. The molecule has 0 radical (unpaired) electrons. The summed E-state index contributed by atoms with van der Waals surface area (Å²) in [7, 11) is 1.52. The Hall–Kier alpha value is -3.14. The van der Waals surface area contributed by atoms with Gasteiger partial charge in [0, 0.05) is 35.5 Å².